The van der Waals surface area contributed by atoms with Gasteiger partial charge in [0.05, 0.1) is 12.3 Å². The number of hydrogen-bond donors (Lipinski definition) is 1. The lowest BCUT2D eigenvalue weighted by Gasteiger charge is -2.50. The van der Waals surface area contributed by atoms with Crippen molar-refractivity contribution in [3.05, 3.63) is 35.9 Å². The summed E-state index contributed by atoms with van der Waals surface area (Å²) in [6.45, 7) is 7.27. The third kappa shape index (κ3) is 4.07. The van der Waals surface area contributed by atoms with E-state index in [-0.39, 0.29) is 19.4 Å². The number of ether oxygens (including phenoxy) is 2. The van der Waals surface area contributed by atoms with Gasteiger partial charge in [0, 0.05) is 19.3 Å². The molecule has 27 heavy (non-hydrogen) atoms. The van der Waals surface area contributed by atoms with Crippen molar-refractivity contribution in [2.75, 3.05) is 6.61 Å². The van der Waals surface area contributed by atoms with Crippen LogP contribution in [0.25, 0.3) is 0 Å². The Bertz CT molecular complexity index is 745. The van der Waals surface area contributed by atoms with Crippen LogP contribution in [0.3, 0.4) is 0 Å². The fraction of sp³-hybridized carbons (Fsp3) is 0.550. The van der Waals surface area contributed by atoms with Gasteiger partial charge in [0.2, 0.25) is 0 Å². The van der Waals surface area contributed by atoms with E-state index in [1.54, 1.807) is 27.7 Å². The Balaban J connectivity index is 1.70. The predicted octanol–water partition coefficient (Wildman–Crippen LogP) is 3.17. The average molecular weight is 374 g/mol. The first-order valence-electron chi connectivity index (χ1n) is 9.16. The molecule has 1 amide bonds. The van der Waals surface area contributed by atoms with Crippen LogP contribution in [-0.4, -0.2) is 41.1 Å². The normalized spacial score (nSPS) is 26.6. The van der Waals surface area contributed by atoms with Gasteiger partial charge in [0.1, 0.15) is 16.7 Å². The molecule has 0 saturated heterocycles. The summed E-state index contributed by atoms with van der Waals surface area (Å²) in [5.41, 5.74) is -0.588. The van der Waals surface area contributed by atoms with Gasteiger partial charge in [-0.3, -0.25) is 0 Å². The number of hydrogen-bond acceptors (Lipinski definition) is 6. The zero-order valence-corrected chi connectivity index (χ0v) is 16.2. The zero-order chi connectivity index (χ0) is 19.7. The van der Waals surface area contributed by atoms with Crippen LogP contribution in [0, 0.1) is 0 Å². The minimum absolute atomic E-state index is 0.232. The molecule has 1 N–H and O–H groups in total. The molecule has 0 bridgehead atoms. The minimum Gasteiger partial charge on any atom is -0.464 e. The van der Waals surface area contributed by atoms with Crippen molar-refractivity contribution in [1.82, 2.24) is 5.32 Å². The van der Waals surface area contributed by atoms with E-state index in [4.69, 9.17) is 14.3 Å². The molecule has 0 unspecified atom stereocenters. The minimum atomic E-state index is -1.15. The molecule has 7 nitrogen and oxygen atoms in total. The van der Waals surface area contributed by atoms with Crippen LogP contribution in [0.15, 0.2) is 35.5 Å². The second kappa shape index (κ2) is 6.87. The lowest BCUT2D eigenvalue weighted by atomic mass is 9.62. The van der Waals surface area contributed by atoms with E-state index in [9.17, 15) is 9.59 Å². The zero-order valence-electron chi connectivity index (χ0n) is 16.2. The summed E-state index contributed by atoms with van der Waals surface area (Å²) < 4.78 is 10.5. The summed E-state index contributed by atoms with van der Waals surface area (Å²) in [7, 11) is 0. The van der Waals surface area contributed by atoms with Gasteiger partial charge in [-0.05, 0) is 33.3 Å². The molecule has 1 fully saturated rings. The van der Waals surface area contributed by atoms with Gasteiger partial charge in [-0.2, -0.15) is 0 Å². The van der Waals surface area contributed by atoms with Crippen LogP contribution < -0.4 is 5.32 Å². The first-order chi connectivity index (χ1) is 12.7. The fourth-order valence-corrected chi connectivity index (χ4v) is 3.60. The van der Waals surface area contributed by atoms with Gasteiger partial charge in [0.15, 0.2) is 0 Å². The number of amides is 1. The summed E-state index contributed by atoms with van der Waals surface area (Å²) >= 11 is 0. The molecule has 1 aliphatic heterocycles. The maximum Gasteiger partial charge on any atom is 0.408 e. The predicted molar refractivity (Wildman–Crippen MR) is 99.4 cm³/mol. The molecule has 7 heteroatoms. The number of carbonyl (C=O) groups excluding carboxylic acids is 2. The van der Waals surface area contributed by atoms with Crippen LogP contribution in [0.2, 0.25) is 0 Å². The van der Waals surface area contributed by atoms with Crippen LogP contribution in [0.1, 0.15) is 52.5 Å². The molecule has 146 valence electrons. The average Bonchev–Trinajstić information content (AvgIpc) is 2.98. The molecule has 3 rings (SSSR count). The first kappa shape index (κ1) is 19.2. The summed E-state index contributed by atoms with van der Waals surface area (Å²) in [6, 6.07) is 9.76. The largest absolute Gasteiger partial charge is 0.464 e. The van der Waals surface area contributed by atoms with Crippen molar-refractivity contribution in [3.63, 3.8) is 0 Å². The third-order valence-electron chi connectivity index (χ3n) is 4.60. The van der Waals surface area contributed by atoms with Crippen LogP contribution >= 0.6 is 0 Å². The number of carbonyl (C=O) groups is 2. The highest BCUT2D eigenvalue weighted by atomic mass is 16.7. The second-order valence-electron chi connectivity index (χ2n) is 8.14. The molecule has 0 aromatic heterocycles. The van der Waals surface area contributed by atoms with Crippen LogP contribution in [0.4, 0.5) is 4.79 Å². The van der Waals surface area contributed by atoms with E-state index >= 15 is 0 Å². The van der Waals surface area contributed by atoms with Gasteiger partial charge >= 0.3 is 12.1 Å². The molecular formula is C20H26N2O5. The number of nitrogens with one attached hydrogen (secondary N) is 1. The smallest absolute Gasteiger partial charge is 0.408 e. The molecule has 2 aliphatic rings. The van der Waals surface area contributed by atoms with E-state index in [2.05, 4.69) is 10.5 Å². The van der Waals surface area contributed by atoms with E-state index < -0.39 is 28.8 Å². The van der Waals surface area contributed by atoms with Crippen molar-refractivity contribution >= 4 is 17.8 Å². The maximum atomic E-state index is 12.6. The molecular weight excluding hydrogens is 348 g/mol. The van der Waals surface area contributed by atoms with Crippen LogP contribution in [-0.2, 0) is 19.1 Å². The molecule has 1 saturated carbocycles. The number of alkyl carbamates (subject to hydrolysis) is 1. The molecule has 1 heterocycles. The van der Waals surface area contributed by atoms with Gasteiger partial charge in [-0.1, -0.05) is 35.5 Å². The van der Waals surface area contributed by atoms with Gasteiger partial charge < -0.3 is 19.6 Å². The Morgan fingerprint density at radius 1 is 1.22 bits per heavy atom. The van der Waals surface area contributed by atoms with Crippen molar-refractivity contribution in [2.24, 2.45) is 5.16 Å². The molecule has 1 aliphatic carbocycles. The van der Waals surface area contributed by atoms with Crippen molar-refractivity contribution in [3.8, 4) is 0 Å². The van der Waals surface area contributed by atoms with Crippen molar-refractivity contribution in [1.29, 1.82) is 0 Å². The Kier molecular flexibility index (Phi) is 4.88. The highest BCUT2D eigenvalue weighted by Gasteiger charge is 2.65. The lowest BCUT2D eigenvalue weighted by molar-refractivity contribution is -0.178. The Morgan fingerprint density at radius 3 is 2.48 bits per heavy atom. The summed E-state index contributed by atoms with van der Waals surface area (Å²) in [6.07, 6.45) is 0.511. The van der Waals surface area contributed by atoms with Crippen molar-refractivity contribution < 1.29 is 23.9 Å². The number of rotatable bonds is 4. The quantitative estimate of drug-likeness (QED) is 0.818. The lowest BCUT2D eigenvalue weighted by Crippen LogP contribution is -2.70. The number of oxime groups is 1. The van der Waals surface area contributed by atoms with E-state index in [0.717, 1.165) is 11.3 Å². The number of nitrogens with zero attached hydrogens (tertiary/aromatic N) is 1. The Hall–Kier alpha value is -2.57. The van der Waals surface area contributed by atoms with Crippen LogP contribution in [0.5, 0.6) is 0 Å². The first-order valence-corrected chi connectivity index (χ1v) is 9.16. The highest BCUT2D eigenvalue weighted by molar-refractivity contribution is 6.02. The summed E-state index contributed by atoms with van der Waals surface area (Å²) in [4.78, 5) is 30.5. The molecule has 1 aromatic carbocycles. The van der Waals surface area contributed by atoms with E-state index in [0.29, 0.717) is 6.42 Å². The summed E-state index contributed by atoms with van der Waals surface area (Å²) in [5, 5.41) is 6.92. The van der Waals surface area contributed by atoms with Crippen molar-refractivity contribution in [2.45, 2.75) is 63.7 Å². The van der Waals surface area contributed by atoms with Gasteiger partial charge in [0.25, 0.3) is 0 Å². The topological polar surface area (TPSA) is 86.2 Å². The fourth-order valence-electron chi connectivity index (χ4n) is 3.60. The Labute approximate surface area is 159 Å². The highest BCUT2D eigenvalue weighted by Crippen LogP contribution is 2.50. The standard InChI is InChI=1S/C20H26N2O5/c1-5-25-16(23)20(21-17(24)26-18(2,3)4)12-19(13-20)11-15(22-27-19)14-9-7-6-8-10-14/h6-10H,5,11-13H2,1-4H3,(H,21,24). The maximum absolute atomic E-state index is 12.6. The molecule has 1 aromatic rings. The molecule has 1 spiro atoms. The molecule has 0 atom stereocenters. The van der Waals surface area contributed by atoms with E-state index in [1.165, 1.54) is 0 Å². The monoisotopic (exact) mass is 374 g/mol. The Morgan fingerprint density at radius 2 is 1.89 bits per heavy atom. The molecule has 0 radical (unpaired) electrons. The second-order valence-corrected chi connectivity index (χ2v) is 8.14. The number of esters is 1. The third-order valence-corrected chi connectivity index (χ3v) is 4.60. The number of benzene rings is 1. The van der Waals surface area contributed by atoms with Gasteiger partial charge in [-0.25, -0.2) is 9.59 Å². The van der Waals surface area contributed by atoms with Gasteiger partial charge in [-0.15, -0.1) is 0 Å². The summed E-state index contributed by atoms with van der Waals surface area (Å²) in [5.74, 6) is -0.474. The van der Waals surface area contributed by atoms with E-state index in [1.807, 2.05) is 30.3 Å². The SMILES string of the molecule is CCOC(=O)C1(NC(=O)OC(C)(C)C)CC2(CC(c3ccccc3)=NO2)C1.